The van der Waals surface area contributed by atoms with Crippen molar-refractivity contribution < 1.29 is 4.79 Å². The maximum atomic E-state index is 11.7. The van der Waals surface area contributed by atoms with Gasteiger partial charge in [-0.05, 0) is 36.9 Å². The van der Waals surface area contributed by atoms with E-state index in [-0.39, 0.29) is 5.91 Å². The molecule has 104 valence electrons. The van der Waals surface area contributed by atoms with Gasteiger partial charge in [-0.2, -0.15) is 0 Å². The second-order valence-electron chi connectivity index (χ2n) is 5.44. The van der Waals surface area contributed by atoms with Gasteiger partial charge in [0.2, 0.25) is 5.91 Å². The number of rotatable bonds is 7. The number of likely N-dealkylation sites (N-methyl/N-ethyl adjacent to an activating group) is 1. The summed E-state index contributed by atoms with van der Waals surface area (Å²) in [5.74, 6) is 0.847. The molecular formula is C15H23N3O. The van der Waals surface area contributed by atoms with Crippen LogP contribution in [0.15, 0.2) is 24.3 Å². The SMILES string of the molecule is CN(CC(=O)NCC1CC1)Cc1cccc(CN)c1. The third kappa shape index (κ3) is 5.01. The smallest absolute Gasteiger partial charge is 0.234 e. The minimum atomic E-state index is 0.115. The molecule has 0 bridgehead atoms. The second-order valence-corrected chi connectivity index (χ2v) is 5.44. The fourth-order valence-corrected chi connectivity index (χ4v) is 2.10. The van der Waals surface area contributed by atoms with Crippen molar-refractivity contribution >= 4 is 5.91 Å². The van der Waals surface area contributed by atoms with Crippen molar-refractivity contribution in [2.24, 2.45) is 11.7 Å². The van der Waals surface area contributed by atoms with Crippen LogP contribution in [0.25, 0.3) is 0 Å². The van der Waals surface area contributed by atoms with E-state index in [0.29, 0.717) is 13.1 Å². The number of benzene rings is 1. The van der Waals surface area contributed by atoms with Crippen molar-refractivity contribution in [2.75, 3.05) is 20.1 Å². The molecule has 0 atom stereocenters. The van der Waals surface area contributed by atoms with Crippen LogP contribution < -0.4 is 11.1 Å². The highest BCUT2D eigenvalue weighted by molar-refractivity contribution is 5.78. The number of carbonyl (C=O) groups is 1. The number of nitrogens with zero attached hydrogens (tertiary/aromatic N) is 1. The van der Waals surface area contributed by atoms with Gasteiger partial charge in [0.15, 0.2) is 0 Å². The molecule has 1 aromatic carbocycles. The second kappa shape index (κ2) is 6.68. The first-order chi connectivity index (χ1) is 9.17. The first kappa shape index (κ1) is 14.0. The molecule has 1 amide bonds. The topological polar surface area (TPSA) is 58.4 Å². The average Bonchev–Trinajstić information content (AvgIpc) is 3.20. The standard InChI is InChI=1S/C15H23N3O/c1-18(11-15(19)17-9-12-5-6-12)10-14-4-2-3-13(7-14)8-16/h2-4,7,12H,5-6,8-11,16H2,1H3,(H,17,19). The molecule has 19 heavy (non-hydrogen) atoms. The predicted molar refractivity (Wildman–Crippen MR) is 76.4 cm³/mol. The summed E-state index contributed by atoms with van der Waals surface area (Å²) >= 11 is 0. The van der Waals surface area contributed by atoms with Crippen LogP contribution in [-0.4, -0.2) is 30.9 Å². The maximum absolute atomic E-state index is 11.7. The fourth-order valence-electron chi connectivity index (χ4n) is 2.10. The Balaban J connectivity index is 1.75. The lowest BCUT2D eigenvalue weighted by atomic mass is 10.1. The van der Waals surface area contributed by atoms with E-state index in [1.807, 2.05) is 24.1 Å². The van der Waals surface area contributed by atoms with Gasteiger partial charge < -0.3 is 11.1 Å². The zero-order valence-corrected chi connectivity index (χ0v) is 11.6. The number of nitrogens with one attached hydrogen (secondary N) is 1. The maximum Gasteiger partial charge on any atom is 0.234 e. The molecule has 1 aliphatic rings. The highest BCUT2D eigenvalue weighted by atomic mass is 16.2. The summed E-state index contributed by atoms with van der Waals surface area (Å²) in [5, 5.41) is 2.98. The molecule has 0 spiro atoms. The minimum Gasteiger partial charge on any atom is -0.355 e. The molecule has 0 radical (unpaired) electrons. The van der Waals surface area contributed by atoms with E-state index in [1.165, 1.54) is 18.4 Å². The van der Waals surface area contributed by atoms with Crippen molar-refractivity contribution in [1.29, 1.82) is 0 Å². The Morgan fingerprint density at radius 3 is 2.84 bits per heavy atom. The molecule has 0 heterocycles. The van der Waals surface area contributed by atoms with Crippen LogP contribution in [0.1, 0.15) is 24.0 Å². The number of hydrogen-bond donors (Lipinski definition) is 2. The molecule has 0 unspecified atom stereocenters. The first-order valence-electron chi connectivity index (χ1n) is 6.90. The van der Waals surface area contributed by atoms with Crippen molar-refractivity contribution in [1.82, 2.24) is 10.2 Å². The summed E-state index contributed by atoms with van der Waals surface area (Å²) in [6, 6.07) is 8.20. The van der Waals surface area contributed by atoms with E-state index in [0.717, 1.165) is 24.6 Å². The van der Waals surface area contributed by atoms with Crippen LogP contribution in [0.2, 0.25) is 0 Å². The molecule has 1 aromatic rings. The molecule has 3 N–H and O–H groups in total. The minimum absolute atomic E-state index is 0.115. The summed E-state index contributed by atoms with van der Waals surface area (Å²) in [5.41, 5.74) is 7.95. The molecule has 4 nitrogen and oxygen atoms in total. The van der Waals surface area contributed by atoms with Crippen LogP contribution in [-0.2, 0) is 17.9 Å². The fraction of sp³-hybridized carbons (Fsp3) is 0.533. The molecule has 4 heteroatoms. The Morgan fingerprint density at radius 1 is 1.42 bits per heavy atom. The molecule has 0 aliphatic heterocycles. The number of hydrogen-bond acceptors (Lipinski definition) is 3. The molecule has 1 saturated carbocycles. The summed E-state index contributed by atoms with van der Waals surface area (Å²) in [6.07, 6.45) is 2.53. The normalized spacial score (nSPS) is 14.7. The summed E-state index contributed by atoms with van der Waals surface area (Å²) in [7, 11) is 1.96. The lowest BCUT2D eigenvalue weighted by molar-refractivity contribution is -0.122. The molecular weight excluding hydrogens is 238 g/mol. The third-order valence-corrected chi connectivity index (χ3v) is 3.38. The lowest BCUT2D eigenvalue weighted by Gasteiger charge is -2.16. The van der Waals surface area contributed by atoms with Crippen LogP contribution in [0, 0.1) is 5.92 Å². The van der Waals surface area contributed by atoms with Crippen molar-refractivity contribution in [2.45, 2.75) is 25.9 Å². The van der Waals surface area contributed by atoms with Crippen molar-refractivity contribution in [3.63, 3.8) is 0 Å². The number of nitrogens with two attached hydrogens (primary N) is 1. The monoisotopic (exact) mass is 261 g/mol. The van der Waals surface area contributed by atoms with Crippen LogP contribution in [0.5, 0.6) is 0 Å². The Labute approximate surface area is 115 Å². The van der Waals surface area contributed by atoms with E-state index in [9.17, 15) is 4.79 Å². The molecule has 1 fully saturated rings. The van der Waals surface area contributed by atoms with Gasteiger partial charge in [0.05, 0.1) is 6.54 Å². The van der Waals surface area contributed by atoms with Gasteiger partial charge in [-0.1, -0.05) is 24.3 Å². The largest absolute Gasteiger partial charge is 0.355 e. The lowest BCUT2D eigenvalue weighted by Crippen LogP contribution is -2.35. The van der Waals surface area contributed by atoms with Crippen LogP contribution >= 0.6 is 0 Å². The van der Waals surface area contributed by atoms with Crippen molar-refractivity contribution in [3.05, 3.63) is 35.4 Å². The molecule has 2 rings (SSSR count). The molecule has 0 saturated heterocycles. The first-order valence-corrected chi connectivity index (χ1v) is 6.90. The van der Waals surface area contributed by atoms with Gasteiger partial charge >= 0.3 is 0 Å². The quantitative estimate of drug-likeness (QED) is 0.773. The average molecular weight is 261 g/mol. The van der Waals surface area contributed by atoms with E-state index in [1.54, 1.807) is 0 Å². The van der Waals surface area contributed by atoms with E-state index in [2.05, 4.69) is 17.4 Å². The van der Waals surface area contributed by atoms with Gasteiger partial charge in [-0.3, -0.25) is 9.69 Å². The van der Waals surface area contributed by atoms with Gasteiger partial charge in [0, 0.05) is 19.6 Å². The number of amides is 1. The molecule has 1 aliphatic carbocycles. The Hall–Kier alpha value is -1.39. The zero-order valence-electron chi connectivity index (χ0n) is 11.6. The number of carbonyl (C=O) groups excluding carboxylic acids is 1. The third-order valence-electron chi connectivity index (χ3n) is 3.38. The van der Waals surface area contributed by atoms with E-state index in [4.69, 9.17) is 5.73 Å². The highest BCUT2D eigenvalue weighted by Crippen LogP contribution is 2.27. The van der Waals surface area contributed by atoms with Crippen LogP contribution in [0.4, 0.5) is 0 Å². The van der Waals surface area contributed by atoms with Crippen molar-refractivity contribution in [3.8, 4) is 0 Å². The van der Waals surface area contributed by atoms with Gasteiger partial charge in [-0.15, -0.1) is 0 Å². The Morgan fingerprint density at radius 2 is 2.16 bits per heavy atom. The summed E-state index contributed by atoms with van der Waals surface area (Å²) in [6.45, 7) is 2.61. The van der Waals surface area contributed by atoms with E-state index < -0.39 is 0 Å². The summed E-state index contributed by atoms with van der Waals surface area (Å²) < 4.78 is 0. The Bertz CT molecular complexity index is 429. The van der Waals surface area contributed by atoms with Gasteiger partial charge in [0.25, 0.3) is 0 Å². The van der Waals surface area contributed by atoms with Gasteiger partial charge in [0.1, 0.15) is 0 Å². The zero-order chi connectivity index (χ0) is 13.7. The van der Waals surface area contributed by atoms with E-state index >= 15 is 0 Å². The highest BCUT2D eigenvalue weighted by Gasteiger charge is 2.21. The molecule has 0 aromatic heterocycles. The van der Waals surface area contributed by atoms with Gasteiger partial charge in [-0.25, -0.2) is 0 Å². The summed E-state index contributed by atoms with van der Waals surface area (Å²) in [4.78, 5) is 13.8. The Kier molecular flexibility index (Phi) is 4.93. The van der Waals surface area contributed by atoms with Crippen LogP contribution in [0.3, 0.4) is 0 Å². The predicted octanol–water partition coefficient (Wildman–Crippen LogP) is 1.10.